The molecule has 0 bridgehead atoms. The Kier molecular flexibility index (Phi) is 6.70. The van der Waals surface area contributed by atoms with E-state index in [1.54, 1.807) is 0 Å². The van der Waals surface area contributed by atoms with Crippen LogP contribution in [0.2, 0.25) is 0 Å². The van der Waals surface area contributed by atoms with Gasteiger partial charge in [-0.15, -0.1) is 0 Å². The van der Waals surface area contributed by atoms with Gasteiger partial charge in [0.1, 0.15) is 0 Å². The lowest BCUT2D eigenvalue weighted by atomic mass is 10.3. The van der Waals surface area contributed by atoms with Crippen molar-refractivity contribution < 1.29 is 13.2 Å². The summed E-state index contributed by atoms with van der Waals surface area (Å²) in [7, 11) is -3.29. The zero-order chi connectivity index (χ0) is 15.2. The molecule has 20 heavy (non-hydrogen) atoms. The third kappa shape index (κ3) is 5.64. The van der Waals surface area contributed by atoms with E-state index in [1.807, 2.05) is 20.8 Å². The molecule has 2 atom stereocenters. The van der Waals surface area contributed by atoms with Crippen molar-refractivity contribution >= 4 is 16.0 Å². The first kappa shape index (κ1) is 17.2. The molecule has 0 aliphatic carbocycles. The molecule has 0 amide bonds. The van der Waals surface area contributed by atoms with E-state index in [0.717, 1.165) is 6.42 Å². The van der Waals surface area contributed by atoms with Crippen LogP contribution in [0.3, 0.4) is 0 Å². The van der Waals surface area contributed by atoms with Crippen LogP contribution in [0.25, 0.3) is 0 Å². The molecule has 0 radical (unpaired) electrons. The zero-order valence-electron chi connectivity index (χ0n) is 12.5. The molecule has 0 aromatic heterocycles. The molecule has 1 aliphatic heterocycles. The van der Waals surface area contributed by atoms with Crippen LogP contribution >= 0.6 is 0 Å². The monoisotopic (exact) mass is 306 g/mol. The third-order valence-corrected chi connectivity index (χ3v) is 4.76. The number of nitrogens with one attached hydrogen (secondary N) is 1. The first-order chi connectivity index (χ1) is 9.35. The molecule has 1 aliphatic rings. The maximum atomic E-state index is 12.2. The maximum Gasteiger partial charge on any atom is 0.216 e. The molecule has 1 fully saturated rings. The topological polar surface area (TPSA) is 97.0 Å². The van der Waals surface area contributed by atoms with E-state index < -0.39 is 10.0 Å². The standard InChI is InChI=1S/C12H26N4O3S/c1-4-5-14-12(13)15-6-7-20(17,18)16-8-10(2)19-11(3)9-16/h10-11H,4-9H2,1-3H3,(H3,13,14,15). The molecule has 1 heterocycles. The van der Waals surface area contributed by atoms with Crippen LogP contribution in [0, 0.1) is 0 Å². The smallest absolute Gasteiger partial charge is 0.216 e. The van der Waals surface area contributed by atoms with Crippen LogP contribution in [-0.2, 0) is 14.8 Å². The minimum Gasteiger partial charge on any atom is -0.373 e. The number of morpholine rings is 1. The zero-order valence-corrected chi connectivity index (χ0v) is 13.3. The van der Waals surface area contributed by atoms with Gasteiger partial charge in [-0.2, -0.15) is 4.31 Å². The van der Waals surface area contributed by atoms with Crippen LogP contribution in [0.15, 0.2) is 4.99 Å². The van der Waals surface area contributed by atoms with Crippen molar-refractivity contribution in [1.29, 1.82) is 0 Å². The minimum absolute atomic E-state index is 0.00872. The highest BCUT2D eigenvalue weighted by atomic mass is 32.2. The fourth-order valence-corrected chi connectivity index (χ4v) is 3.58. The van der Waals surface area contributed by atoms with Crippen LogP contribution < -0.4 is 11.1 Å². The largest absolute Gasteiger partial charge is 0.373 e. The van der Waals surface area contributed by atoms with Crippen molar-refractivity contribution in [3.63, 3.8) is 0 Å². The summed E-state index contributed by atoms with van der Waals surface area (Å²) < 4.78 is 31.5. The lowest BCUT2D eigenvalue weighted by Gasteiger charge is -2.34. The second kappa shape index (κ2) is 7.80. The Hall–Kier alpha value is -0.860. The quantitative estimate of drug-likeness (QED) is 0.520. The van der Waals surface area contributed by atoms with E-state index in [9.17, 15) is 8.42 Å². The summed E-state index contributed by atoms with van der Waals surface area (Å²) in [6.45, 7) is 7.49. The van der Waals surface area contributed by atoms with Gasteiger partial charge in [-0.1, -0.05) is 6.92 Å². The van der Waals surface area contributed by atoms with E-state index in [0.29, 0.717) is 25.6 Å². The van der Waals surface area contributed by atoms with Crippen molar-refractivity contribution in [1.82, 2.24) is 9.62 Å². The summed E-state index contributed by atoms with van der Waals surface area (Å²) in [6, 6.07) is 0. The molecule has 1 saturated heterocycles. The number of guanidine groups is 1. The highest BCUT2D eigenvalue weighted by Crippen LogP contribution is 2.14. The number of aliphatic imine (C=N–C) groups is 1. The minimum atomic E-state index is -3.29. The number of nitrogens with zero attached hydrogens (tertiary/aromatic N) is 2. The number of hydrogen-bond acceptors (Lipinski definition) is 4. The average Bonchev–Trinajstić information content (AvgIpc) is 2.35. The Bertz CT molecular complexity index is 414. The number of rotatable bonds is 6. The van der Waals surface area contributed by atoms with Crippen LogP contribution in [0.1, 0.15) is 27.2 Å². The van der Waals surface area contributed by atoms with Crippen molar-refractivity contribution in [3.05, 3.63) is 0 Å². The SMILES string of the molecule is CCCN=C(N)NCCS(=O)(=O)N1CC(C)OC(C)C1. The van der Waals surface area contributed by atoms with E-state index in [1.165, 1.54) is 4.31 Å². The Morgan fingerprint density at radius 1 is 1.40 bits per heavy atom. The summed E-state index contributed by atoms with van der Waals surface area (Å²) >= 11 is 0. The van der Waals surface area contributed by atoms with E-state index in [2.05, 4.69) is 10.3 Å². The van der Waals surface area contributed by atoms with Gasteiger partial charge in [0, 0.05) is 26.2 Å². The highest BCUT2D eigenvalue weighted by molar-refractivity contribution is 7.89. The maximum absolute atomic E-state index is 12.2. The lowest BCUT2D eigenvalue weighted by molar-refractivity contribution is -0.0440. The molecule has 0 aromatic rings. The summed E-state index contributed by atoms with van der Waals surface area (Å²) in [5.74, 6) is 0.306. The predicted molar refractivity (Wildman–Crippen MR) is 80.2 cm³/mol. The summed E-state index contributed by atoms with van der Waals surface area (Å²) in [5.41, 5.74) is 5.62. The number of sulfonamides is 1. The van der Waals surface area contributed by atoms with Gasteiger partial charge in [0.15, 0.2) is 5.96 Å². The van der Waals surface area contributed by atoms with Gasteiger partial charge in [0.2, 0.25) is 10.0 Å². The highest BCUT2D eigenvalue weighted by Gasteiger charge is 2.30. The Morgan fingerprint density at radius 3 is 2.55 bits per heavy atom. The Morgan fingerprint density at radius 2 is 2.00 bits per heavy atom. The normalized spacial score (nSPS) is 25.6. The fourth-order valence-electron chi connectivity index (χ4n) is 2.08. The molecule has 2 unspecified atom stereocenters. The third-order valence-electron chi connectivity index (χ3n) is 2.95. The van der Waals surface area contributed by atoms with Crippen molar-refractivity contribution in [3.8, 4) is 0 Å². The molecular formula is C12H26N4O3S. The second-order valence-electron chi connectivity index (χ2n) is 5.08. The van der Waals surface area contributed by atoms with Crippen LogP contribution in [-0.4, -0.2) is 62.8 Å². The fraction of sp³-hybridized carbons (Fsp3) is 0.917. The van der Waals surface area contributed by atoms with Crippen LogP contribution in [0.5, 0.6) is 0 Å². The Balaban J connectivity index is 2.45. The molecule has 0 aromatic carbocycles. The van der Waals surface area contributed by atoms with E-state index in [4.69, 9.17) is 10.5 Å². The summed E-state index contributed by atoms with van der Waals surface area (Å²) in [5, 5.41) is 2.83. The first-order valence-electron chi connectivity index (χ1n) is 7.02. The predicted octanol–water partition coefficient (Wildman–Crippen LogP) is -0.260. The van der Waals surface area contributed by atoms with Gasteiger partial charge in [-0.3, -0.25) is 4.99 Å². The molecule has 8 heteroatoms. The number of hydrogen-bond donors (Lipinski definition) is 2. The van der Waals surface area contributed by atoms with Gasteiger partial charge in [-0.05, 0) is 20.3 Å². The van der Waals surface area contributed by atoms with E-state index in [-0.39, 0.29) is 24.5 Å². The van der Waals surface area contributed by atoms with Crippen molar-refractivity contribution in [2.24, 2.45) is 10.7 Å². The molecule has 0 spiro atoms. The lowest BCUT2D eigenvalue weighted by Crippen LogP contribution is -2.50. The second-order valence-corrected chi connectivity index (χ2v) is 7.17. The molecule has 0 saturated carbocycles. The molecule has 3 N–H and O–H groups in total. The van der Waals surface area contributed by atoms with E-state index >= 15 is 0 Å². The molecule has 1 rings (SSSR count). The summed E-state index contributed by atoms with van der Waals surface area (Å²) in [6.07, 6.45) is 0.764. The van der Waals surface area contributed by atoms with Gasteiger partial charge in [-0.25, -0.2) is 8.42 Å². The number of ether oxygens (including phenoxy) is 1. The van der Waals surface area contributed by atoms with Gasteiger partial charge < -0.3 is 15.8 Å². The summed E-state index contributed by atoms with van der Waals surface area (Å²) in [4.78, 5) is 4.05. The average molecular weight is 306 g/mol. The molecular weight excluding hydrogens is 280 g/mol. The Labute approximate surface area is 121 Å². The van der Waals surface area contributed by atoms with Crippen molar-refractivity contribution in [2.75, 3.05) is 31.9 Å². The molecule has 118 valence electrons. The van der Waals surface area contributed by atoms with Crippen molar-refractivity contribution in [2.45, 2.75) is 39.4 Å². The molecule has 7 nitrogen and oxygen atoms in total. The van der Waals surface area contributed by atoms with Crippen LogP contribution in [0.4, 0.5) is 0 Å². The number of nitrogens with two attached hydrogens (primary N) is 1. The first-order valence-corrected chi connectivity index (χ1v) is 8.63. The van der Waals surface area contributed by atoms with Gasteiger partial charge in [0.05, 0.1) is 18.0 Å². The van der Waals surface area contributed by atoms with Gasteiger partial charge in [0.25, 0.3) is 0 Å². The van der Waals surface area contributed by atoms with Gasteiger partial charge >= 0.3 is 0 Å².